The summed E-state index contributed by atoms with van der Waals surface area (Å²) in [5.41, 5.74) is 6.78. The van der Waals surface area contributed by atoms with Crippen molar-refractivity contribution in [2.45, 2.75) is 25.8 Å². The number of nitrogens with one attached hydrogen (secondary N) is 1. The van der Waals surface area contributed by atoms with Gasteiger partial charge in [0, 0.05) is 31.2 Å². The summed E-state index contributed by atoms with van der Waals surface area (Å²) in [6.07, 6.45) is 5.39. The molecule has 2 rings (SSSR count). The van der Waals surface area contributed by atoms with Crippen LogP contribution in [-0.4, -0.2) is 21.5 Å². The Hall–Kier alpha value is -2.01. The van der Waals surface area contributed by atoms with Crippen LogP contribution in [0.3, 0.4) is 0 Å². The highest BCUT2D eigenvalue weighted by molar-refractivity contribution is 6.33. The van der Waals surface area contributed by atoms with Gasteiger partial charge in [0.25, 0.3) is 0 Å². The van der Waals surface area contributed by atoms with Crippen LogP contribution in [0.1, 0.15) is 29.4 Å². The van der Waals surface area contributed by atoms with Crippen molar-refractivity contribution in [1.82, 2.24) is 9.55 Å². The number of nitrogens with zero attached hydrogens (tertiary/aromatic N) is 2. The molecular formula is C15H19ClN4O. The minimum atomic E-state index is -0.535. The molecule has 2 aromatic heterocycles. The average Bonchev–Trinajstić information content (AvgIpc) is 2.84. The molecule has 0 aliphatic heterocycles. The van der Waals surface area contributed by atoms with Crippen LogP contribution in [-0.2, 0) is 13.5 Å². The van der Waals surface area contributed by atoms with Gasteiger partial charge in [0.2, 0.25) is 5.91 Å². The fraction of sp³-hybridized carbons (Fsp3) is 0.333. The topological polar surface area (TPSA) is 72.9 Å². The van der Waals surface area contributed by atoms with Gasteiger partial charge in [0.05, 0.1) is 10.6 Å². The van der Waals surface area contributed by atoms with Crippen molar-refractivity contribution in [3.8, 4) is 0 Å². The first-order valence-electron chi connectivity index (χ1n) is 6.79. The summed E-state index contributed by atoms with van der Waals surface area (Å²) in [6.45, 7) is 2.07. The van der Waals surface area contributed by atoms with Crippen LogP contribution < -0.4 is 11.1 Å². The smallest absolute Gasteiger partial charge is 0.250 e. The van der Waals surface area contributed by atoms with Gasteiger partial charge in [-0.05, 0) is 38.0 Å². The number of carbonyl (C=O) groups is 1. The van der Waals surface area contributed by atoms with Crippen molar-refractivity contribution in [3.05, 3.63) is 46.9 Å². The van der Waals surface area contributed by atoms with Gasteiger partial charge in [-0.15, -0.1) is 0 Å². The largest absolute Gasteiger partial charge is 0.366 e. The number of hydrogen-bond donors (Lipinski definition) is 2. The summed E-state index contributed by atoms with van der Waals surface area (Å²) < 4.78 is 2.11. The molecule has 0 fully saturated rings. The first-order chi connectivity index (χ1) is 9.97. The van der Waals surface area contributed by atoms with Crippen LogP contribution in [0.2, 0.25) is 5.02 Å². The minimum Gasteiger partial charge on any atom is -0.366 e. The first kappa shape index (κ1) is 15.4. The number of pyridine rings is 1. The maximum absolute atomic E-state index is 11.1. The highest BCUT2D eigenvalue weighted by Crippen LogP contribution is 2.21. The lowest BCUT2D eigenvalue weighted by molar-refractivity contribution is 0.1000. The quantitative estimate of drug-likeness (QED) is 0.861. The van der Waals surface area contributed by atoms with Crippen molar-refractivity contribution in [1.29, 1.82) is 0 Å². The maximum atomic E-state index is 11.1. The molecular weight excluding hydrogens is 288 g/mol. The van der Waals surface area contributed by atoms with Gasteiger partial charge >= 0.3 is 0 Å². The highest BCUT2D eigenvalue weighted by atomic mass is 35.5. The zero-order valence-corrected chi connectivity index (χ0v) is 12.9. The second kappa shape index (κ2) is 6.63. The van der Waals surface area contributed by atoms with Crippen LogP contribution in [0.25, 0.3) is 0 Å². The SMILES string of the molecule is C[C@@H](CCc1cccn1C)Nc1ncc(C(N)=O)cc1Cl. The molecule has 3 N–H and O–H groups in total. The molecule has 0 unspecified atom stereocenters. The van der Waals surface area contributed by atoms with Gasteiger partial charge in [-0.25, -0.2) is 4.98 Å². The van der Waals surface area contributed by atoms with E-state index in [0.717, 1.165) is 12.8 Å². The van der Waals surface area contributed by atoms with E-state index in [-0.39, 0.29) is 6.04 Å². The van der Waals surface area contributed by atoms with E-state index in [9.17, 15) is 4.79 Å². The number of rotatable bonds is 6. The molecule has 0 aromatic carbocycles. The predicted molar refractivity (Wildman–Crippen MR) is 84.6 cm³/mol. The number of amides is 1. The van der Waals surface area contributed by atoms with Crippen LogP contribution in [0, 0.1) is 0 Å². The van der Waals surface area contributed by atoms with Gasteiger partial charge in [-0.3, -0.25) is 4.79 Å². The summed E-state index contributed by atoms with van der Waals surface area (Å²) in [4.78, 5) is 15.2. The van der Waals surface area contributed by atoms with Crippen LogP contribution in [0.5, 0.6) is 0 Å². The number of anilines is 1. The van der Waals surface area contributed by atoms with Crippen molar-refractivity contribution in [2.75, 3.05) is 5.32 Å². The van der Waals surface area contributed by atoms with Gasteiger partial charge < -0.3 is 15.6 Å². The fourth-order valence-electron chi connectivity index (χ4n) is 2.11. The van der Waals surface area contributed by atoms with Gasteiger partial charge in [0.1, 0.15) is 5.82 Å². The molecule has 0 bridgehead atoms. The average molecular weight is 307 g/mol. The number of aromatic nitrogens is 2. The summed E-state index contributed by atoms with van der Waals surface area (Å²) in [5, 5.41) is 3.65. The molecule has 0 aliphatic rings. The Morgan fingerprint density at radius 1 is 1.57 bits per heavy atom. The number of nitrogens with two attached hydrogens (primary N) is 1. The Balaban J connectivity index is 1.95. The predicted octanol–water partition coefficient (Wildman–Crippen LogP) is 2.61. The third kappa shape index (κ3) is 3.98. The van der Waals surface area contributed by atoms with Crippen LogP contribution in [0.15, 0.2) is 30.6 Å². The van der Waals surface area contributed by atoms with Crippen molar-refractivity contribution >= 4 is 23.3 Å². The van der Waals surface area contributed by atoms with E-state index in [4.69, 9.17) is 17.3 Å². The maximum Gasteiger partial charge on any atom is 0.250 e. The Morgan fingerprint density at radius 3 is 2.90 bits per heavy atom. The molecule has 2 heterocycles. The Morgan fingerprint density at radius 2 is 2.33 bits per heavy atom. The van der Waals surface area contributed by atoms with E-state index in [1.807, 2.05) is 19.3 Å². The third-order valence-corrected chi connectivity index (χ3v) is 3.68. The van der Waals surface area contributed by atoms with Crippen molar-refractivity contribution in [2.24, 2.45) is 12.8 Å². The number of primary amides is 1. The lowest BCUT2D eigenvalue weighted by Crippen LogP contribution is -2.18. The second-order valence-electron chi connectivity index (χ2n) is 5.11. The summed E-state index contributed by atoms with van der Waals surface area (Å²) in [6, 6.07) is 5.89. The number of halogens is 1. The van der Waals surface area contributed by atoms with Crippen molar-refractivity contribution in [3.63, 3.8) is 0 Å². The Labute approximate surface area is 129 Å². The fourth-order valence-corrected chi connectivity index (χ4v) is 2.33. The molecule has 0 aliphatic carbocycles. The van der Waals surface area contributed by atoms with Gasteiger partial charge in [-0.2, -0.15) is 0 Å². The van der Waals surface area contributed by atoms with E-state index in [0.29, 0.717) is 16.4 Å². The standard InChI is InChI=1S/C15H19ClN4O/c1-10(5-6-12-4-3-7-20(12)2)19-15-13(16)8-11(9-18-15)14(17)21/h3-4,7-10H,5-6H2,1-2H3,(H2,17,21)(H,18,19)/t10-/m0/s1. The highest BCUT2D eigenvalue weighted by Gasteiger charge is 2.10. The van der Waals surface area contributed by atoms with E-state index in [1.54, 1.807) is 0 Å². The molecule has 2 aromatic rings. The van der Waals surface area contributed by atoms with Crippen molar-refractivity contribution < 1.29 is 4.79 Å². The molecule has 6 heteroatoms. The number of carbonyl (C=O) groups excluding carboxylic acids is 1. The molecule has 21 heavy (non-hydrogen) atoms. The zero-order chi connectivity index (χ0) is 15.4. The molecule has 1 amide bonds. The summed E-state index contributed by atoms with van der Waals surface area (Å²) in [5.74, 6) is 0.0359. The zero-order valence-electron chi connectivity index (χ0n) is 12.1. The molecule has 0 saturated heterocycles. The first-order valence-corrected chi connectivity index (χ1v) is 7.17. The lowest BCUT2D eigenvalue weighted by Gasteiger charge is -2.16. The molecule has 112 valence electrons. The summed E-state index contributed by atoms with van der Waals surface area (Å²) >= 11 is 6.11. The molecule has 5 nitrogen and oxygen atoms in total. The molecule has 0 saturated carbocycles. The van der Waals surface area contributed by atoms with E-state index in [1.165, 1.54) is 18.0 Å². The third-order valence-electron chi connectivity index (χ3n) is 3.39. The van der Waals surface area contributed by atoms with E-state index >= 15 is 0 Å². The summed E-state index contributed by atoms with van der Waals surface area (Å²) in [7, 11) is 2.04. The van der Waals surface area contributed by atoms with Crippen LogP contribution in [0.4, 0.5) is 5.82 Å². The second-order valence-corrected chi connectivity index (χ2v) is 5.52. The Bertz CT molecular complexity index is 638. The normalized spacial score (nSPS) is 12.1. The Kier molecular flexibility index (Phi) is 4.85. The molecule has 1 atom stereocenters. The molecule has 0 spiro atoms. The molecule has 0 radical (unpaired) electrons. The minimum absolute atomic E-state index is 0.212. The monoisotopic (exact) mass is 306 g/mol. The van der Waals surface area contributed by atoms with E-state index in [2.05, 4.69) is 27.9 Å². The van der Waals surface area contributed by atoms with E-state index < -0.39 is 5.91 Å². The lowest BCUT2D eigenvalue weighted by atomic mass is 10.1. The van der Waals surface area contributed by atoms with Gasteiger partial charge in [0.15, 0.2) is 0 Å². The number of hydrogen-bond acceptors (Lipinski definition) is 3. The van der Waals surface area contributed by atoms with Crippen LogP contribution >= 0.6 is 11.6 Å². The number of aryl methyl sites for hydroxylation is 2. The van der Waals surface area contributed by atoms with Gasteiger partial charge in [-0.1, -0.05) is 11.6 Å².